The molecule has 66 valence electrons. The molecule has 0 aliphatic carbocycles. The maximum atomic E-state index is 5.40. The zero-order valence-electron chi connectivity index (χ0n) is 8.02. The Morgan fingerprint density at radius 1 is 1.27 bits per heavy atom. The largest absolute Gasteiger partial charge is 0.499 e. The standard InChI is InChI=1S/C10H20O/c1-4-7-8-9-10(5-2)11-6-3/h9H,4-8H2,1-3H3/b10-9-. The third-order valence-corrected chi connectivity index (χ3v) is 1.61. The molecular formula is C10H20O. The van der Waals surface area contributed by atoms with Gasteiger partial charge in [0.25, 0.3) is 0 Å². The Bertz CT molecular complexity index is 105. The lowest BCUT2D eigenvalue weighted by Crippen LogP contribution is -1.89. The maximum Gasteiger partial charge on any atom is 0.0917 e. The number of ether oxygens (including phenoxy) is 1. The van der Waals surface area contributed by atoms with Crippen LogP contribution < -0.4 is 0 Å². The summed E-state index contributed by atoms with van der Waals surface area (Å²) in [6.07, 6.45) is 6.94. The molecule has 0 amide bonds. The molecule has 1 nitrogen and oxygen atoms in total. The molecule has 0 aromatic rings. The van der Waals surface area contributed by atoms with E-state index in [1.54, 1.807) is 0 Å². The summed E-state index contributed by atoms with van der Waals surface area (Å²) in [6, 6.07) is 0. The lowest BCUT2D eigenvalue weighted by Gasteiger charge is -2.04. The first-order valence-electron chi connectivity index (χ1n) is 4.66. The molecular weight excluding hydrogens is 136 g/mol. The van der Waals surface area contributed by atoms with E-state index in [0.717, 1.165) is 18.8 Å². The molecule has 0 aliphatic rings. The maximum absolute atomic E-state index is 5.40. The van der Waals surface area contributed by atoms with E-state index in [2.05, 4.69) is 19.9 Å². The van der Waals surface area contributed by atoms with Crippen LogP contribution in [0.15, 0.2) is 11.8 Å². The van der Waals surface area contributed by atoms with E-state index >= 15 is 0 Å². The van der Waals surface area contributed by atoms with Crippen LogP contribution in [0.2, 0.25) is 0 Å². The Morgan fingerprint density at radius 2 is 2.00 bits per heavy atom. The summed E-state index contributed by atoms with van der Waals surface area (Å²) in [7, 11) is 0. The molecule has 0 aromatic heterocycles. The second-order valence-corrected chi connectivity index (χ2v) is 2.60. The van der Waals surface area contributed by atoms with Gasteiger partial charge in [-0.15, -0.1) is 0 Å². The van der Waals surface area contributed by atoms with Crippen LogP contribution in [0, 0.1) is 0 Å². The molecule has 0 saturated carbocycles. The van der Waals surface area contributed by atoms with Gasteiger partial charge in [-0.2, -0.15) is 0 Å². The number of rotatable bonds is 6. The van der Waals surface area contributed by atoms with Gasteiger partial charge in [0, 0.05) is 6.42 Å². The van der Waals surface area contributed by atoms with Crippen LogP contribution in [-0.2, 0) is 4.74 Å². The molecule has 0 N–H and O–H groups in total. The molecule has 0 radical (unpaired) electrons. The Labute approximate surface area is 70.4 Å². The molecule has 0 aliphatic heterocycles. The van der Waals surface area contributed by atoms with Crippen molar-refractivity contribution in [3.63, 3.8) is 0 Å². The van der Waals surface area contributed by atoms with E-state index in [0.29, 0.717) is 0 Å². The molecule has 0 atom stereocenters. The zero-order chi connectivity index (χ0) is 8.53. The fraction of sp³-hybridized carbons (Fsp3) is 0.800. The Morgan fingerprint density at radius 3 is 2.45 bits per heavy atom. The van der Waals surface area contributed by atoms with Crippen LogP contribution in [0.25, 0.3) is 0 Å². The smallest absolute Gasteiger partial charge is 0.0917 e. The second kappa shape index (κ2) is 7.64. The first-order valence-corrected chi connectivity index (χ1v) is 4.66. The summed E-state index contributed by atoms with van der Waals surface area (Å²) in [4.78, 5) is 0. The van der Waals surface area contributed by atoms with Gasteiger partial charge in [-0.25, -0.2) is 0 Å². The van der Waals surface area contributed by atoms with E-state index in [-0.39, 0.29) is 0 Å². The van der Waals surface area contributed by atoms with E-state index in [1.807, 2.05) is 6.92 Å². The predicted octanol–water partition coefficient (Wildman–Crippen LogP) is 3.51. The van der Waals surface area contributed by atoms with E-state index < -0.39 is 0 Å². The van der Waals surface area contributed by atoms with Crippen molar-refractivity contribution < 1.29 is 4.74 Å². The minimum atomic E-state index is 0.797. The Hall–Kier alpha value is -0.460. The fourth-order valence-corrected chi connectivity index (χ4v) is 0.958. The average molecular weight is 156 g/mol. The van der Waals surface area contributed by atoms with Gasteiger partial charge in [-0.05, 0) is 25.8 Å². The highest BCUT2D eigenvalue weighted by molar-refractivity contribution is 4.91. The van der Waals surface area contributed by atoms with E-state index in [1.165, 1.54) is 19.3 Å². The second-order valence-electron chi connectivity index (χ2n) is 2.60. The van der Waals surface area contributed by atoms with Crippen molar-refractivity contribution in [3.05, 3.63) is 11.8 Å². The summed E-state index contributed by atoms with van der Waals surface area (Å²) in [6.45, 7) is 7.17. The van der Waals surface area contributed by atoms with Gasteiger partial charge < -0.3 is 4.74 Å². The van der Waals surface area contributed by atoms with Crippen LogP contribution in [0.5, 0.6) is 0 Å². The summed E-state index contributed by atoms with van der Waals surface area (Å²) in [5.74, 6) is 1.15. The van der Waals surface area contributed by atoms with Crippen LogP contribution in [0.4, 0.5) is 0 Å². The fourth-order valence-electron chi connectivity index (χ4n) is 0.958. The Balaban J connectivity index is 3.52. The molecule has 11 heavy (non-hydrogen) atoms. The van der Waals surface area contributed by atoms with Crippen molar-refractivity contribution in [3.8, 4) is 0 Å². The van der Waals surface area contributed by atoms with Crippen molar-refractivity contribution in [2.24, 2.45) is 0 Å². The van der Waals surface area contributed by atoms with Crippen molar-refractivity contribution in [2.75, 3.05) is 6.61 Å². The average Bonchev–Trinajstić information content (AvgIpc) is 2.03. The summed E-state index contributed by atoms with van der Waals surface area (Å²) in [5.41, 5.74) is 0. The van der Waals surface area contributed by atoms with E-state index in [4.69, 9.17) is 4.74 Å². The molecule has 1 heteroatoms. The molecule has 0 bridgehead atoms. The predicted molar refractivity (Wildman–Crippen MR) is 49.5 cm³/mol. The van der Waals surface area contributed by atoms with Gasteiger partial charge in [0.1, 0.15) is 0 Å². The number of hydrogen-bond acceptors (Lipinski definition) is 1. The lowest BCUT2D eigenvalue weighted by molar-refractivity contribution is 0.219. The molecule has 0 heterocycles. The third-order valence-electron chi connectivity index (χ3n) is 1.61. The van der Waals surface area contributed by atoms with Crippen LogP contribution >= 0.6 is 0 Å². The number of allylic oxidation sites excluding steroid dienone is 2. The monoisotopic (exact) mass is 156 g/mol. The normalized spacial score (nSPS) is 11.7. The topological polar surface area (TPSA) is 9.23 Å². The van der Waals surface area contributed by atoms with E-state index in [9.17, 15) is 0 Å². The molecule has 0 aromatic carbocycles. The SMILES string of the molecule is CCCC/C=C(/CC)OCC. The third kappa shape index (κ3) is 5.96. The summed E-state index contributed by atoms with van der Waals surface area (Å²) in [5, 5.41) is 0. The molecule has 0 spiro atoms. The van der Waals surface area contributed by atoms with Crippen LogP contribution in [-0.4, -0.2) is 6.61 Å². The highest BCUT2D eigenvalue weighted by atomic mass is 16.5. The zero-order valence-corrected chi connectivity index (χ0v) is 8.02. The highest BCUT2D eigenvalue weighted by Gasteiger charge is 1.90. The van der Waals surface area contributed by atoms with Crippen molar-refractivity contribution in [1.29, 1.82) is 0 Å². The summed E-state index contributed by atoms with van der Waals surface area (Å²) >= 11 is 0. The molecule has 0 fully saturated rings. The minimum Gasteiger partial charge on any atom is -0.499 e. The van der Waals surface area contributed by atoms with Gasteiger partial charge >= 0.3 is 0 Å². The molecule has 0 saturated heterocycles. The van der Waals surface area contributed by atoms with Gasteiger partial charge in [-0.3, -0.25) is 0 Å². The molecule has 0 unspecified atom stereocenters. The van der Waals surface area contributed by atoms with Crippen molar-refractivity contribution in [1.82, 2.24) is 0 Å². The highest BCUT2D eigenvalue weighted by Crippen LogP contribution is 2.06. The van der Waals surface area contributed by atoms with Gasteiger partial charge in [0.15, 0.2) is 0 Å². The first kappa shape index (κ1) is 10.5. The number of hydrogen-bond donors (Lipinski definition) is 0. The van der Waals surface area contributed by atoms with Gasteiger partial charge in [-0.1, -0.05) is 20.3 Å². The number of unbranched alkanes of at least 4 members (excludes halogenated alkanes) is 2. The molecule has 0 rings (SSSR count). The van der Waals surface area contributed by atoms with Crippen LogP contribution in [0.1, 0.15) is 46.5 Å². The van der Waals surface area contributed by atoms with Gasteiger partial charge in [0.2, 0.25) is 0 Å². The quantitative estimate of drug-likeness (QED) is 0.422. The van der Waals surface area contributed by atoms with Crippen molar-refractivity contribution >= 4 is 0 Å². The Kier molecular flexibility index (Phi) is 7.33. The minimum absolute atomic E-state index is 0.797. The van der Waals surface area contributed by atoms with Gasteiger partial charge in [0.05, 0.1) is 12.4 Å². The van der Waals surface area contributed by atoms with Crippen molar-refractivity contribution in [2.45, 2.75) is 46.5 Å². The first-order chi connectivity index (χ1) is 5.35. The summed E-state index contributed by atoms with van der Waals surface area (Å²) < 4.78 is 5.40. The van der Waals surface area contributed by atoms with Crippen LogP contribution in [0.3, 0.4) is 0 Å². The lowest BCUT2D eigenvalue weighted by atomic mass is 10.2.